The summed E-state index contributed by atoms with van der Waals surface area (Å²) in [6, 6.07) is 20.5. The van der Waals surface area contributed by atoms with Gasteiger partial charge in [-0.15, -0.1) is 0 Å². The van der Waals surface area contributed by atoms with Gasteiger partial charge in [-0.3, -0.25) is 0 Å². The molecule has 0 spiro atoms. The highest BCUT2D eigenvalue weighted by molar-refractivity contribution is 6.78. The van der Waals surface area contributed by atoms with Gasteiger partial charge in [0.15, 0.2) is 8.32 Å². The molecule has 4 saturated heterocycles. The molecule has 9 nitrogen and oxygen atoms in total. The van der Waals surface area contributed by atoms with Gasteiger partial charge in [-0.2, -0.15) is 0 Å². The summed E-state index contributed by atoms with van der Waals surface area (Å²) >= 11 is 0. The Bertz CT molecular complexity index is 1780. The molecule has 368 valence electrons. The molecule has 0 amide bonds. The van der Waals surface area contributed by atoms with Crippen LogP contribution in [0, 0.1) is 0 Å². The second kappa shape index (κ2) is 20.1. The zero-order valence-electron chi connectivity index (χ0n) is 43.6. The van der Waals surface area contributed by atoms with Crippen LogP contribution in [0.15, 0.2) is 60.7 Å². The van der Waals surface area contributed by atoms with E-state index in [4.69, 9.17) is 37.3 Å². The topological polar surface area (TPSA) is 94.1 Å². The fourth-order valence-corrected chi connectivity index (χ4v) is 24.6. The van der Waals surface area contributed by atoms with Gasteiger partial charge in [0.2, 0.25) is 8.32 Å². The average Bonchev–Trinajstić information content (AvgIpc) is 3.28. The summed E-state index contributed by atoms with van der Waals surface area (Å²) < 4.78 is 58.3. The molecule has 6 rings (SSSR count). The molecule has 11 heteroatoms. The predicted octanol–water partition coefficient (Wildman–Crippen LogP) is 12.5. The fourth-order valence-electron chi connectivity index (χ4n) is 13.4. The molecule has 65 heavy (non-hydrogen) atoms. The van der Waals surface area contributed by atoms with Crippen molar-refractivity contribution in [3.8, 4) is 0 Å². The van der Waals surface area contributed by atoms with Gasteiger partial charge in [0.1, 0.15) is 16.8 Å². The van der Waals surface area contributed by atoms with Gasteiger partial charge in [0.25, 0.3) is 0 Å². The average molecular weight is 939 g/mol. The van der Waals surface area contributed by atoms with Crippen LogP contribution in [0.4, 0.5) is 0 Å². The van der Waals surface area contributed by atoms with Gasteiger partial charge < -0.3 is 42.4 Å². The molecule has 0 aromatic heterocycles. The summed E-state index contributed by atoms with van der Waals surface area (Å²) in [6.07, 6.45) is -0.608. The van der Waals surface area contributed by atoms with E-state index < -0.39 is 63.0 Å². The largest absolute Gasteiger partial charge is 0.413 e. The lowest BCUT2D eigenvalue weighted by Gasteiger charge is -2.59. The number of ether oxygens (including phenoxy) is 6. The van der Waals surface area contributed by atoms with Crippen molar-refractivity contribution in [2.24, 2.45) is 0 Å². The summed E-state index contributed by atoms with van der Waals surface area (Å²) in [5.74, 6) is 0. The lowest BCUT2D eigenvalue weighted by atomic mass is 9.72. The molecule has 0 radical (unpaired) electrons. The van der Waals surface area contributed by atoms with Crippen molar-refractivity contribution < 1.29 is 42.4 Å². The molecule has 11 atom stereocenters. The van der Waals surface area contributed by atoms with E-state index in [1.165, 1.54) is 0 Å². The lowest BCUT2D eigenvalue weighted by molar-refractivity contribution is -0.353. The number of rotatable bonds is 18. The van der Waals surface area contributed by atoms with Crippen molar-refractivity contribution in [3.63, 3.8) is 0 Å². The smallest absolute Gasteiger partial charge is 0.200 e. The third kappa shape index (κ3) is 10.2. The minimum absolute atomic E-state index is 0.318. The van der Waals surface area contributed by atoms with Crippen molar-refractivity contribution in [2.75, 3.05) is 13.2 Å². The van der Waals surface area contributed by atoms with Crippen LogP contribution >= 0.6 is 0 Å². The van der Waals surface area contributed by atoms with E-state index in [2.05, 4.69) is 142 Å². The van der Waals surface area contributed by atoms with Gasteiger partial charge in [0.05, 0.1) is 74.3 Å². The molecule has 0 bridgehead atoms. The molecule has 4 aliphatic heterocycles. The van der Waals surface area contributed by atoms with Gasteiger partial charge in [-0.1, -0.05) is 144 Å². The highest BCUT2D eigenvalue weighted by Crippen LogP contribution is 2.56. The first kappa shape index (κ1) is 52.9. The number of hydrogen-bond acceptors (Lipinski definition) is 9. The third-order valence-electron chi connectivity index (χ3n) is 16.9. The first-order valence-electron chi connectivity index (χ1n) is 25.3. The molecule has 4 heterocycles. The Morgan fingerprint density at radius 3 is 1.58 bits per heavy atom. The number of hydrogen-bond donors (Lipinski definition) is 1. The fraction of sp³-hybridized carbons (Fsp3) is 0.778. The summed E-state index contributed by atoms with van der Waals surface area (Å²) in [5.41, 5.74) is 0.306. The zero-order chi connectivity index (χ0) is 48.0. The van der Waals surface area contributed by atoms with Crippen molar-refractivity contribution in [1.82, 2.24) is 0 Å². The normalized spacial score (nSPS) is 35.8. The van der Waals surface area contributed by atoms with E-state index in [0.29, 0.717) is 85.4 Å². The SMILES string of the molecule is CC(C)[Si](OC[C@@]1(C)O[C@@]2(C)[C@@H](O)C[C@@]3(C)O[C@H]4C[C@@H](OCc5ccccc5)[C@](C)(COCc5ccccc5)O[C@]4(C)C[C@@H]3O[C@@H]2C[C@@H]1O[Si](C(C)C)(C(C)C)C(C)C)(C(C)C)C(C)C. The van der Waals surface area contributed by atoms with Crippen LogP contribution in [-0.4, -0.2) is 99.6 Å². The Hall–Kier alpha value is -1.49. The maximum atomic E-state index is 12.7. The lowest BCUT2D eigenvalue weighted by Crippen LogP contribution is -2.70. The molecule has 4 fully saturated rings. The Kier molecular flexibility index (Phi) is 16.3. The van der Waals surface area contributed by atoms with Gasteiger partial charge >= 0.3 is 0 Å². The molecule has 0 saturated carbocycles. The van der Waals surface area contributed by atoms with Crippen LogP contribution in [-0.2, 0) is 50.5 Å². The van der Waals surface area contributed by atoms with Crippen LogP contribution < -0.4 is 0 Å². The van der Waals surface area contributed by atoms with Crippen molar-refractivity contribution in [2.45, 2.75) is 254 Å². The Morgan fingerprint density at radius 1 is 0.569 bits per heavy atom. The monoisotopic (exact) mass is 939 g/mol. The van der Waals surface area contributed by atoms with E-state index in [1.807, 2.05) is 36.4 Å². The molecular formula is C54H90O9Si2. The van der Waals surface area contributed by atoms with Crippen molar-refractivity contribution in [1.29, 1.82) is 0 Å². The minimum Gasteiger partial charge on any atom is -0.413 e. The first-order valence-corrected chi connectivity index (χ1v) is 29.6. The highest BCUT2D eigenvalue weighted by Gasteiger charge is 2.67. The van der Waals surface area contributed by atoms with Crippen LogP contribution in [0.3, 0.4) is 0 Å². The predicted molar refractivity (Wildman–Crippen MR) is 266 cm³/mol. The number of aliphatic hydroxyl groups is 1. The van der Waals surface area contributed by atoms with Crippen LogP contribution in [0.1, 0.15) is 155 Å². The van der Waals surface area contributed by atoms with E-state index in [0.717, 1.165) is 11.1 Å². The number of aliphatic hydroxyl groups excluding tert-OH is 1. The van der Waals surface area contributed by atoms with Gasteiger partial charge in [-0.25, -0.2) is 0 Å². The second-order valence-electron chi connectivity index (χ2n) is 23.5. The van der Waals surface area contributed by atoms with Crippen LogP contribution in [0.5, 0.6) is 0 Å². The minimum atomic E-state index is -2.43. The molecule has 1 N–H and O–H groups in total. The Morgan fingerprint density at radius 2 is 1.06 bits per heavy atom. The molecule has 2 aromatic rings. The van der Waals surface area contributed by atoms with Gasteiger partial charge in [-0.05, 0) is 79.0 Å². The molecule has 0 aliphatic carbocycles. The second-order valence-corrected chi connectivity index (χ2v) is 34.4. The van der Waals surface area contributed by atoms with E-state index in [1.54, 1.807) is 0 Å². The summed E-state index contributed by atoms with van der Waals surface area (Å²) in [5, 5.41) is 12.7. The Balaban J connectivity index is 1.34. The molecular weight excluding hydrogens is 849 g/mol. The van der Waals surface area contributed by atoms with Crippen LogP contribution in [0.2, 0.25) is 33.2 Å². The summed E-state index contributed by atoms with van der Waals surface area (Å²) in [6.45, 7) is 40.4. The van der Waals surface area contributed by atoms with Gasteiger partial charge in [0, 0.05) is 25.7 Å². The quantitative estimate of drug-likeness (QED) is 0.147. The van der Waals surface area contributed by atoms with E-state index in [-0.39, 0.29) is 18.3 Å². The van der Waals surface area contributed by atoms with Crippen molar-refractivity contribution in [3.05, 3.63) is 71.8 Å². The number of benzene rings is 2. The highest BCUT2D eigenvalue weighted by atomic mass is 28.4. The molecule has 2 aromatic carbocycles. The maximum Gasteiger partial charge on any atom is 0.200 e. The molecule has 0 unspecified atom stereocenters. The van der Waals surface area contributed by atoms with E-state index >= 15 is 0 Å². The molecule has 4 aliphatic rings. The third-order valence-corrected chi connectivity index (χ3v) is 29.1. The maximum absolute atomic E-state index is 12.7. The first-order chi connectivity index (χ1) is 30.3. The number of fused-ring (bicyclic) bond motifs is 3. The zero-order valence-corrected chi connectivity index (χ0v) is 45.6. The Labute approximate surface area is 397 Å². The van der Waals surface area contributed by atoms with E-state index in [9.17, 15) is 5.11 Å². The summed E-state index contributed by atoms with van der Waals surface area (Å²) in [7, 11) is -4.75. The summed E-state index contributed by atoms with van der Waals surface area (Å²) in [4.78, 5) is 0. The van der Waals surface area contributed by atoms with Crippen molar-refractivity contribution >= 4 is 16.6 Å². The standard InChI is InChI=1S/C54H90O9Si2/c1-36(2)64(37(3)4,38(5)6)58-35-53(16)47(61-65(39(7)8,40(9)10)41(11)12)29-48-54(17,63-53)44(55)30-50(13)49(59-48)31-51(14)46(60-50)28-45(57-33-43-26-22-19-23-27-43)52(15,62-51)34-56-32-42-24-20-18-21-25-42/h18-27,36-41,44-49,55H,28-35H2,1-17H3/t44-,45+,46-,47-,48+,49-,50+,51+,52-,53+,54-/m0/s1. The van der Waals surface area contributed by atoms with Crippen LogP contribution in [0.25, 0.3) is 0 Å².